The average molecular weight is 429 g/mol. The topological polar surface area (TPSA) is 67.7 Å². The molecule has 2 aromatic carbocycles. The minimum Gasteiger partial charge on any atom is -0.371 e. The number of aryl methyl sites for hydroxylation is 1. The van der Waals surface area contributed by atoms with Crippen LogP contribution in [0, 0.1) is 0 Å². The van der Waals surface area contributed by atoms with Crippen molar-refractivity contribution < 1.29 is 0 Å². The number of nitrogens with zero attached hydrogens (tertiary/aromatic N) is 4. The molecule has 0 bridgehead atoms. The zero-order valence-electron chi connectivity index (χ0n) is 17.8. The van der Waals surface area contributed by atoms with Crippen molar-refractivity contribution in [3.8, 4) is 10.6 Å². The number of nitrogens with one attached hydrogen (secondary N) is 2. The van der Waals surface area contributed by atoms with Gasteiger partial charge in [0.2, 0.25) is 0 Å². The zero-order valence-corrected chi connectivity index (χ0v) is 18.6. The molecule has 31 heavy (non-hydrogen) atoms. The second-order valence-electron chi connectivity index (χ2n) is 7.65. The quantitative estimate of drug-likeness (QED) is 0.392. The minimum atomic E-state index is 0.229. The summed E-state index contributed by atoms with van der Waals surface area (Å²) in [5.74, 6) is 0.783. The fourth-order valence-electron chi connectivity index (χ4n) is 3.80. The van der Waals surface area contributed by atoms with Crippen LogP contribution in [0.1, 0.15) is 24.1 Å². The summed E-state index contributed by atoms with van der Waals surface area (Å²) >= 11 is 1.61. The fraction of sp³-hybridized carbons (Fsp3) is 0.208. The van der Waals surface area contributed by atoms with Gasteiger partial charge in [-0.25, -0.2) is 15.0 Å². The number of hydrogen-bond acceptors (Lipinski definition) is 6. The van der Waals surface area contributed by atoms with E-state index in [1.165, 1.54) is 11.1 Å². The Morgan fingerprint density at radius 3 is 2.68 bits per heavy atom. The summed E-state index contributed by atoms with van der Waals surface area (Å²) in [5.41, 5.74) is 6.38. The number of thiazole rings is 1. The Balaban J connectivity index is 1.48. The molecule has 7 heteroatoms. The van der Waals surface area contributed by atoms with Crippen LogP contribution in [0.25, 0.3) is 32.0 Å². The van der Waals surface area contributed by atoms with Crippen LogP contribution in [-0.2, 0) is 13.6 Å². The maximum absolute atomic E-state index is 4.96. The molecule has 3 aromatic heterocycles. The molecular formula is C24H24N6S. The van der Waals surface area contributed by atoms with Gasteiger partial charge in [-0.15, -0.1) is 0 Å². The number of pyridine rings is 1. The third-order valence-electron chi connectivity index (χ3n) is 5.53. The number of imidazole rings is 1. The van der Waals surface area contributed by atoms with E-state index >= 15 is 0 Å². The number of aromatic nitrogens is 4. The lowest BCUT2D eigenvalue weighted by atomic mass is 10.0. The van der Waals surface area contributed by atoms with Crippen LogP contribution in [0.5, 0.6) is 0 Å². The molecule has 0 aliphatic carbocycles. The van der Waals surface area contributed by atoms with Crippen LogP contribution in [0.15, 0.2) is 60.9 Å². The Kier molecular flexibility index (Phi) is 5.13. The summed E-state index contributed by atoms with van der Waals surface area (Å²) in [6.07, 6.45) is 1.81. The Morgan fingerprint density at radius 2 is 1.87 bits per heavy atom. The minimum absolute atomic E-state index is 0.229. The van der Waals surface area contributed by atoms with Crippen LogP contribution >= 0.6 is 11.3 Å². The first kappa shape index (κ1) is 19.7. The second-order valence-corrected chi connectivity index (χ2v) is 8.63. The fourth-order valence-corrected chi connectivity index (χ4v) is 4.74. The standard InChI is InChI=1S/C24H24N6S/c1-15(26-13-16-8-5-4-6-9-16)17-10-7-11-18(12-17)23-28-20-21-19(27-14-30(21)3)22(25-2)29-24(20)31-23/h4-12,14-15,26H,13H2,1-3H3,(H,25,29). The van der Waals surface area contributed by atoms with E-state index in [-0.39, 0.29) is 6.04 Å². The molecule has 5 aromatic rings. The van der Waals surface area contributed by atoms with Gasteiger partial charge in [-0.1, -0.05) is 59.9 Å². The molecule has 0 aliphatic heterocycles. The lowest BCUT2D eigenvalue weighted by molar-refractivity contribution is 0.575. The Hall–Kier alpha value is -3.29. The molecule has 0 aliphatic rings. The van der Waals surface area contributed by atoms with Crippen molar-refractivity contribution >= 4 is 38.5 Å². The number of hydrogen-bond donors (Lipinski definition) is 2. The summed E-state index contributed by atoms with van der Waals surface area (Å²) in [5, 5.41) is 7.74. The molecule has 0 radical (unpaired) electrons. The zero-order chi connectivity index (χ0) is 21.4. The maximum Gasteiger partial charge on any atom is 0.155 e. The van der Waals surface area contributed by atoms with E-state index in [9.17, 15) is 0 Å². The molecule has 3 heterocycles. The number of rotatable bonds is 6. The Bertz CT molecular complexity index is 1360. The van der Waals surface area contributed by atoms with Gasteiger partial charge in [0.25, 0.3) is 0 Å². The molecule has 5 rings (SSSR count). The third-order valence-corrected chi connectivity index (χ3v) is 6.53. The van der Waals surface area contributed by atoms with Crippen molar-refractivity contribution in [2.45, 2.75) is 19.5 Å². The summed E-state index contributed by atoms with van der Waals surface area (Å²) in [6, 6.07) is 19.3. The van der Waals surface area contributed by atoms with Crippen LogP contribution in [0.2, 0.25) is 0 Å². The predicted octanol–water partition coefficient (Wildman–Crippen LogP) is 5.14. The Morgan fingerprint density at radius 1 is 1.03 bits per heavy atom. The van der Waals surface area contributed by atoms with Crippen LogP contribution in [-0.4, -0.2) is 26.6 Å². The number of fused-ring (bicyclic) bond motifs is 3. The van der Waals surface area contributed by atoms with E-state index in [0.29, 0.717) is 0 Å². The van der Waals surface area contributed by atoms with E-state index in [2.05, 4.69) is 71.1 Å². The van der Waals surface area contributed by atoms with Crippen LogP contribution in [0.3, 0.4) is 0 Å². The van der Waals surface area contributed by atoms with E-state index in [1.807, 2.05) is 31.1 Å². The van der Waals surface area contributed by atoms with E-state index in [0.717, 1.165) is 44.3 Å². The van der Waals surface area contributed by atoms with Crippen LogP contribution < -0.4 is 10.6 Å². The first-order chi connectivity index (χ1) is 15.1. The van der Waals surface area contributed by atoms with Crippen molar-refractivity contribution in [1.29, 1.82) is 0 Å². The molecule has 1 atom stereocenters. The normalized spacial score (nSPS) is 12.5. The second kappa shape index (κ2) is 8.09. The SMILES string of the molecule is CNc1nc2sc(-c3cccc(C(C)NCc4ccccc4)c3)nc2c2c1ncn2C. The molecule has 0 spiro atoms. The van der Waals surface area contributed by atoms with Gasteiger partial charge in [-0.3, -0.25) is 0 Å². The molecular weight excluding hydrogens is 404 g/mol. The van der Waals surface area contributed by atoms with Gasteiger partial charge in [0.1, 0.15) is 26.4 Å². The average Bonchev–Trinajstić information content (AvgIpc) is 3.41. The van der Waals surface area contributed by atoms with E-state index in [4.69, 9.17) is 9.97 Å². The molecule has 1 unspecified atom stereocenters. The molecule has 0 amide bonds. The molecule has 6 nitrogen and oxygen atoms in total. The smallest absolute Gasteiger partial charge is 0.155 e. The molecule has 0 saturated carbocycles. The summed E-state index contributed by atoms with van der Waals surface area (Å²) in [6.45, 7) is 3.03. The van der Waals surface area contributed by atoms with Gasteiger partial charge in [-0.05, 0) is 24.1 Å². The van der Waals surface area contributed by atoms with Gasteiger partial charge in [0, 0.05) is 32.2 Å². The summed E-state index contributed by atoms with van der Waals surface area (Å²) < 4.78 is 2.01. The molecule has 2 N–H and O–H groups in total. The lowest BCUT2D eigenvalue weighted by Crippen LogP contribution is -2.18. The lowest BCUT2D eigenvalue weighted by Gasteiger charge is -2.15. The number of benzene rings is 2. The van der Waals surface area contributed by atoms with E-state index < -0.39 is 0 Å². The van der Waals surface area contributed by atoms with Gasteiger partial charge in [-0.2, -0.15) is 0 Å². The number of anilines is 1. The first-order valence-corrected chi connectivity index (χ1v) is 11.1. The van der Waals surface area contributed by atoms with Gasteiger partial charge >= 0.3 is 0 Å². The predicted molar refractivity (Wildman–Crippen MR) is 128 cm³/mol. The summed E-state index contributed by atoms with van der Waals surface area (Å²) in [7, 11) is 3.87. The molecule has 0 saturated heterocycles. The van der Waals surface area contributed by atoms with Gasteiger partial charge in [0.15, 0.2) is 5.82 Å². The molecule has 156 valence electrons. The van der Waals surface area contributed by atoms with Crippen molar-refractivity contribution in [2.75, 3.05) is 12.4 Å². The summed E-state index contributed by atoms with van der Waals surface area (Å²) in [4.78, 5) is 15.1. The monoisotopic (exact) mass is 428 g/mol. The van der Waals surface area contributed by atoms with Gasteiger partial charge < -0.3 is 15.2 Å². The van der Waals surface area contributed by atoms with Crippen LogP contribution in [0.4, 0.5) is 5.82 Å². The van der Waals surface area contributed by atoms with Crippen molar-refractivity contribution in [1.82, 2.24) is 24.8 Å². The van der Waals surface area contributed by atoms with Crippen molar-refractivity contribution in [2.24, 2.45) is 7.05 Å². The van der Waals surface area contributed by atoms with Gasteiger partial charge in [0.05, 0.1) is 6.33 Å². The van der Waals surface area contributed by atoms with Crippen molar-refractivity contribution in [3.63, 3.8) is 0 Å². The highest BCUT2D eigenvalue weighted by molar-refractivity contribution is 7.21. The third kappa shape index (κ3) is 3.66. The first-order valence-electron chi connectivity index (χ1n) is 10.3. The highest BCUT2D eigenvalue weighted by Gasteiger charge is 2.17. The Labute approximate surface area is 185 Å². The highest BCUT2D eigenvalue weighted by atomic mass is 32.1. The maximum atomic E-state index is 4.96. The van der Waals surface area contributed by atoms with Crippen molar-refractivity contribution in [3.05, 3.63) is 72.1 Å². The highest BCUT2D eigenvalue weighted by Crippen LogP contribution is 2.35. The molecule has 0 fully saturated rings. The largest absolute Gasteiger partial charge is 0.371 e. The van der Waals surface area contributed by atoms with E-state index in [1.54, 1.807) is 11.3 Å².